The van der Waals surface area contributed by atoms with Crippen LogP contribution < -0.4 is 4.74 Å². The Morgan fingerprint density at radius 1 is 1.09 bits per heavy atom. The van der Waals surface area contributed by atoms with Crippen LogP contribution in [0.3, 0.4) is 0 Å². The summed E-state index contributed by atoms with van der Waals surface area (Å²) < 4.78 is 11.6. The second-order valence-corrected chi connectivity index (χ2v) is 6.48. The Labute approximate surface area is 138 Å². The van der Waals surface area contributed by atoms with Crippen molar-refractivity contribution in [2.24, 2.45) is 4.99 Å². The molecule has 1 heterocycles. The lowest BCUT2D eigenvalue weighted by atomic mass is 9.84. The molecule has 3 heteroatoms. The van der Waals surface area contributed by atoms with Gasteiger partial charge in [0, 0.05) is 11.3 Å². The monoisotopic (exact) mass is 309 g/mol. The zero-order valence-electron chi connectivity index (χ0n) is 14.2. The van der Waals surface area contributed by atoms with Crippen molar-refractivity contribution in [3.8, 4) is 5.75 Å². The molecule has 0 bridgehead atoms. The molecule has 1 aliphatic heterocycles. The maximum Gasteiger partial charge on any atom is 0.119 e. The van der Waals surface area contributed by atoms with Crippen molar-refractivity contribution >= 4 is 5.71 Å². The predicted molar refractivity (Wildman–Crippen MR) is 93.3 cm³/mol. The SMILES string of the molecule is COc1ccc2c(c1)C(C)=NC(C)(C)C2OCc1ccccc1. The van der Waals surface area contributed by atoms with Crippen molar-refractivity contribution in [1.29, 1.82) is 0 Å². The summed E-state index contributed by atoms with van der Waals surface area (Å²) in [5.41, 5.74) is 4.20. The molecule has 3 rings (SSSR count). The summed E-state index contributed by atoms with van der Waals surface area (Å²) in [4.78, 5) is 4.86. The third kappa shape index (κ3) is 3.15. The van der Waals surface area contributed by atoms with Gasteiger partial charge in [0.1, 0.15) is 11.9 Å². The summed E-state index contributed by atoms with van der Waals surface area (Å²) in [6.45, 7) is 6.88. The summed E-state index contributed by atoms with van der Waals surface area (Å²) in [6, 6.07) is 16.4. The van der Waals surface area contributed by atoms with E-state index in [1.807, 2.05) is 37.3 Å². The molecule has 3 nitrogen and oxygen atoms in total. The minimum Gasteiger partial charge on any atom is -0.497 e. The summed E-state index contributed by atoms with van der Waals surface area (Å²) in [5.74, 6) is 0.847. The highest BCUT2D eigenvalue weighted by molar-refractivity contribution is 6.01. The van der Waals surface area contributed by atoms with Crippen molar-refractivity contribution in [1.82, 2.24) is 0 Å². The van der Waals surface area contributed by atoms with Crippen LogP contribution >= 0.6 is 0 Å². The zero-order chi connectivity index (χ0) is 16.4. The van der Waals surface area contributed by atoms with Crippen molar-refractivity contribution in [2.75, 3.05) is 7.11 Å². The molecule has 1 aliphatic rings. The summed E-state index contributed by atoms with van der Waals surface area (Å²) in [7, 11) is 1.68. The normalized spacial score (nSPS) is 19.0. The number of hydrogen-bond acceptors (Lipinski definition) is 3. The molecule has 2 aromatic rings. The smallest absolute Gasteiger partial charge is 0.119 e. The Hall–Kier alpha value is -2.13. The van der Waals surface area contributed by atoms with Crippen LogP contribution in [0.4, 0.5) is 0 Å². The molecular formula is C20H23NO2. The lowest BCUT2D eigenvalue weighted by molar-refractivity contribution is -0.00384. The molecule has 0 amide bonds. The molecule has 0 aromatic heterocycles. The molecule has 0 aliphatic carbocycles. The van der Waals surface area contributed by atoms with E-state index in [0.717, 1.165) is 17.0 Å². The van der Waals surface area contributed by atoms with E-state index in [2.05, 4.69) is 32.0 Å². The van der Waals surface area contributed by atoms with Crippen molar-refractivity contribution in [3.05, 3.63) is 65.2 Å². The second-order valence-electron chi connectivity index (χ2n) is 6.48. The van der Waals surface area contributed by atoms with Crippen LogP contribution in [0.25, 0.3) is 0 Å². The minimum absolute atomic E-state index is 0.0766. The first-order valence-electron chi connectivity index (χ1n) is 7.91. The van der Waals surface area contributed by atoms with E-state index in [0.29, 0.717) is 6.61 Å². The molecule has 1 unspecified atom stereocenters. The van der Waals surface area contributed by atoms with Crippen LogP contribution in [0.5, 0.6) is 5.75 Å². The Balaban J connectivity index is 1.93. The number of benzene rings is 2. The molecule has 0 spiro atoms. The van der Waals surface area contributed by atoms with Crippen LogP contribution in [0, 0.1) is 0 Å². The average molecular weight is 309 g/mol. The van der Waals surface area contributed by atoms with Gasteiger partial charge in [0.15, 0.2) is 0 Å². The molecule has 0 radical (unpaired) electrons. The first kappa shape index (κ1) is 15.8. The Morgan fingerprint density at radius 3 is 2.52 bits per heavy atom. The molecular weight excluding hydrogens is 286 g/mol. The van der Waals surface area contributed by atoms with Gasteiger partial charge in [-0.25, -0.2) is 0 Å². The molecule has 120 valence electrons. The third-order valence-corrected chi connectivity index (χ3v) is 4.29. The standard InChI is InChI=1S/C20H23NO2/c1-14-18-12-16(22-4)10-11-17(18)19(20(2,3)21-14)23-13-15-8-6-5-7-9-15/h5-12,19H,13H2,1-4H3. The van der Waals surface area contributed by atoms with Gasteiger partial charge in [-0.3, -0.25) is 4.99 Å². The van der Waals surface area contributed by atoms with Crippen LogP contribution in [-0.2, 0) is 11.3 Å². The Bertz CT molecular complexity index is 720. The van der Waals surface area contributed by atoms with E-state index in [4.69, 9.17) is 14.5 Å². The van der Waals surface area contributed by atoms with Gasteiger partial charge in [0.25, 0.3) is 0 Å². The quantitative estimate of drug-likeness (QED) is 0.829. The van der Waals surface area contributed by atoms with E-state index < -0.39 is 0 Å². The number of aliphatic imine (C=N–C) groups is 1. The average Bonchev–Trinajstić information content (AvgIpc) is 2.54. The minimum atomic E-state index is -0.291. The maximum absolute atomic E-state index is 6.28. The molecule has 0 fully saturated rings. The Morgan fingerprint density at radius 2 is 1.83 bits per heavy atom. The number of hydrogen-bond donors (Lipinski definition) is 0. The van der Waals surface area contributed by atoms with Crippen molar-refractivity contribution in [2.45, 2.75) is 39.0 Å². The van der Waals surface area contributed by atoms with Gasteiger partial charge in [0.05, 0.1) is 19.3 Å². The van der Waals surface area contributed by atoms with E-state index in [1.54, 1.807) is 7.11 Å². The highest BCUT2D eigenvalue weighted by Crippen LogP contribution is 2.40. The van der Waals surface area contributed by atoms with Crippen molar-refractivity contribution in [3.63, 3.8) is 0 Å². The molecule has 0 saturated carbocycles. The lowest BCUT2D eigenvalue weighted by Crippen LogP contribution is -2.35. The molecule has 0 N–H and O–H groups in total. The Kier molecular flexibility index (Phi) is 4.22. The number of nitrogens with zero attached hydrogens (tertiary/aromatic N) is 1. The van der Waals surface area contributed by atoms with Gasteiger partial charge in [-0.05, 0) is 44.0 Å². The van der Waals surface area contributed by atoms with Gasteiger partial charge in [-0.2, -0.15) is 0 Å². The van der Waals surface area contributed by atoms with Crippen LogP contribution in [0.1, 0.15) is 43.6 Å². The molecule has 2 aromatic carbocycles. The molecule has 23 heavy (non-hydrogen) atoms. The fourth-order valence-electron chi connectivity index (χ4n) is 3.18. The topological polar surface area (TPSA) is 30.8 Å². The lowest BCUT2D eigenvalue weighted by Gasteiger charge is -2.37. The van der Waals surface area contributed by atoms with E-state index in [9.17, 15) is 0 Å². The summed E-state index contributed by atoms with van der Waals surface area (Å²) >= 11 is 0. The largest absolute Gasteiger partial charge is 0.497 e. The first-order chi connectivity index (χ1) is 11.0. The van der Waals surface area contributed by atoms with Crippen molar-refractivity contribution < 1.29 is 9.47 Å². The number of ether oxygens (including phenoxy) is 2. The second kappa shape index (κ2) is 6.17. The van der Waals surface area contributed by atoms with Gasteiger partial charge < -0.3 is 9.47 Å². The number of rotatable bonds is 4. The van der Waals surface area contributed by atoms with E-state index in [-0.39, 0.29) is 11.6 Å². The highest BCUT2D eigenvalue weighted by atomic mass is 16.5. The van der Waals surface area contributed by atoms with Crippen LogP contribution in [0.15, 0.2) is 53.5 Å². The summed E-state index contributed by atoms with van der Waals surface area (Å²) in [6.07, 6.45) is -0.0766. The molecule has 0 saturated heterocycles. The summed E-state index contributed by atoms with van der Waals surface area (Å²) in [5, 5.41) is 0. The van der Waals surface area contributed by atoms with Gasteiger partial charge in [-0.1, -0.05) is 36.4 Å². The van der Waals surface area contributed by atoms with Gasteiger partial charge >= 0.3 is 0 Å². The zero-order valence-corrected chi connectivity index (χ0v) is 14.2. The maximum atomic E-state index is 6.28. The highest BCUT2D eigenvalue weighted by Gasteiger charge is 2.37. The molecule has 1 atom stereocenters. The fourth-order valence-corrected chi connectivity index (χ4v) is 3.18. The predicted octanol–water partition coefficient (Wildman–Crippen LogP) is 4.55. The van der Waals surface area contributed by atoms with E-state index >= 15 is 0 Å². The van der Waals surface area contributed by atoms with Gasteiger partial charge in [0.2, 0.25) is 0 Å². The fraction of sp³-hybridized carbons (Fsp3) is 0.350. The van der Waals surface area contributed by atoms with Crippen LogP contribution in [-0.4, -0.2) is 18.4 Å². The number of fused-ring (bicyclic) bond motifs is 1. The number of methoxy groups -OCH3 is 1. The van der Waals surface area contributed by atoms with E-state index in [1.165, 1.54) is 11.1 Å². The van der Waals surface area contributed by atoms with Gasteiger partial charge in [-0.15, -0.1) is 0 Å². The first-order valence-corrected chi connectivity index (χ1v) is 7.91. The third-order valence-electron chi connectivity index (χ3n) is 4.29. The van der Waals surface area contributed by atoms with Crippen LogP contribution in [0.2, 0.25) is 0 Å².